The van der Waals surface area contributed by atoms with Gasteiger partial charge in [0.15, 0.2) is 0 Å². The van der Waals surface area contributed by atoms with E-state index < -0.39 is 24.0 Å². The molecule has 0 aromatic heterocycles. The summed E-state index contributed by atoms with van der Waals surface area (Å²) in [6.45, 7) is 0. The molecule has 0 bridgehead atoms. The first-order valence-corrected chi connectivity index (χ1v) is 8.24. The van der Waals surface area contributed by atoms with Crippen LogP contribution in [0.25, 0.3) is 10.8 Å². The van der Waals surface area contributed by atoms with E-state index in [2.05, 4.69) is 10.6 Å². The van der Waals surface area contributed by atoms with Gasteiger partial charge in [-0.05, 0) is 29.2 Å². The van der Waals surface area contributed by atoms with Gasteiger partial charge in [-0.1, -0.05) is 48.9 Å². The van der Waals surface area contributed by atoms with Crippen LogP contribution in [0, 0.1) is 0 Å². The van der Waals surface area contributed by atoms with Crippen molar-refractivity contribution >= 4 is 29.1 Å². The van der Waals surface area contributed by atoms with E-state index in [1.165, 1.54) is 0 Å². The molecule has 0 aliphatic carbocycles. The second-order valence-electron chi connectivity index (χ2n) is 6.27. The van der Waals surface area contributed by atoms with Gasteiger partial charge >= 0.3 is 5.97 Å². The van der Waals surface area contributed by atoms with E-state index in [1.54, 1.807) is 6.41 Å². The number of carbonyl (C=O) groups excluding carboxylic acids is 2. The van der Waals surface area contributed by atoms with Crippen LogP contribution in [0.4, 0.5) is 0 Å². The Balaban J connectivity index is 0.00000243. The molecule has 7 heteroatoms. The molecule has 1 fully saturated rings. The molecule has 142 valence electrons. The van der Waals surface area contributed by atoms with Crippen molar-refractivity contribution in [2.75, 3.05) is 0 Å². The molecule has 3 unspecified atom stereocenters. The number of aliphatic carboxylic acids is 1. The molecule has 0 spiro atoms. The van der Waals surface area contributed by atoms with Crippen LogP contribution in [0.1, 0.15) is 30.7 Å². The first-order valence-electron chi connectivity index (χ1n) is 8.24. The molecule has 2 aromatic rings. The van der Waals surface area contributed by atoms with Crippen molar-refractivity contribution in [1.29, 1.82) is 0 Å². The smallest absolute Gasteiger partial charge is 0.326 e. The number of rotatable bonds is 4. The van der Waals surface area contributed by atoms with Crippen molar-refractivity contribution in [3.05, 3.63) is 48.0 Å². The summed E-state index contributed by atoms with van der Waals surface area (Å²) in [5.41, 5.74) is 0.940. The second-order valence-corrected chi connectivity index (χ2v) is 6.27. The average Bonchev–Trinajstić information content (AvgIpc) is 2.60. The molecule has 0 saturated carbocycles. The normalized spacial score (nSPS) is 23.1. The van der Waals surface area contributed by atoms with E-state index in [0.717, 1.165) is 16.3 Å². The van der Waals surface area contributed by atoms with Crippen molar-refractivity contribution in [1.82, 2.24) is 10.6 Å². The van der Waals surface area contributed by atoms with Gasteiger partial charge in [0.1, 0.15) is 6.04 Å². The van der Waals surface area contributed by atoms with Gasteiger partial charge in [0.2, 0.25) is 5.91 Å². The Kier molecular flexibility index (Phi) is 5.53. The number of carboxylic acid groups (broad SMARTS) is 1. The van der Waals surface area contributed by atoms with Crippen molar-refractivity contribution in [3.63, 3.8) is 0 Å². The second kappa shape index (κ2) is 7.79. The fourth-order valence-corrected chi connectivity index (χ4v) is 3.44. The van der Waals surface area contributed by atoms with E-state index in [-0.39, 0.29) is 5.92 Å². The minimum absolute atomic E-state index is 0. The molecule has 2 amide bonds. The van der Waals surface area contributed by atoms with Crippen LogP contribution in [0.3, 0.4) is 0 Å². The molecule has 1 aliphatic rings. The topological polar surface area (TPSA) is 95.5 Å². The Morgan fingerprint density at radius 2 is 1.88 bits per heavy atom. The fraction of sp³-hybridized carbons (Fsp3) is 0.316. The first-order chi connectivity index (χ1) is 12.1. The van der Waals surface area contributed by atoms with Crippen molar-refractivity contribution < 1.29 is 19.5 Å². The number of carboxylic acids is 1. The fourth-order valence-electron chi connectivity index (χ4n) is 3.44. The standard InChI is InChI=1S/C19H19N2O4.Fm/c22-11-20-17-15(6-3-7-16(19(24)25)21-18(17)23)14-9-8-12-4-1-2-5-13(12)10-14;/h1-2,4-5,8-10,15-17H,3,6-7H2,(H,20,22)(H,21,23)(H,24,25);/q-1;. The van der Waals surface area contributed by atoms with Crippen molar-refractivity contribution in [2.24, 2.45) is 0 Å². The Labute approximate surface area is 145 Å². The molecule has 1 heterocycles. The quantitative estimate of drug-likeness (QED) is 0.370. The number of benzene rings is 2. The number of nitrogens with one attached hydrogen (secondary N) is 2. The maximum atomic E-state index is 12.5. The summed E-state index contributed by atoms with van der Waals surface area (Å²) in [6.07, 6.45) is 3.19. The number of hydrogen-bond acceptors (Lipinski definition) is 3. The van der Waals surface area contributed by atoms with E-state index >= 15 is 0 Å². The molecule has 3 N–H and O–H groups in total. The molecule has 6 nitrogen and oxygen atoms in total. The predicted molar refractivity (Wildman–Crippen MR) is 92.7 cm³/mol. The average molecular weight is 596 g/mol. The summed E-state index contributed by atoms with van der Waals surface area (Å²) in [5, 5.41) is 16.3. The Hall–Kier alpha value is -3.89. The maximum Gasteiger partial charge on any atom is 0.326 e. The third-order valence-electron chi connectivity index (χ3n) is 4.72. The summed E-state index contributed by atoms with van der Waals surface area (Å²) in [4.78, 5) is 34.6. The largest absolute Gasteiger partial charge is 0.520 e. The summed E-state index contributed by atoms with van der Waals surface area (Å²) >= 11 is 0. The van der Waals surface area contributed by atoms with Gasteiger partial charge in [0, 0.05) is 5.92 Å². The van der Waals surface area contributed by atoms with Gasteiger partial charge in [-0.2, -0.15) is 6.41 Å². The van der Waals surface area contributed by atoms with Crippen LogP contribution in [0.15, 0.2) is 42.5 Å². The Morgan fingerprint density at radius 1 is 1.15 bits per heavy atom. The minimum Gasteiger partial charge on any atom is -0.520 e. The van der Waals surface area contributed by atoms with Crippen LogP contribution in [-0.2, 0) is 14.4 Å². The SMILES string of the molecule is O=[C-]NC1C(=O)NC(C(=O)O)CCCC1c1ccc2ccccc2c1.[Fm]. The zero-order chi connectivity index (χ0) is 17.8. The number of fused-ring (bicyclic) bond motifs is 1. The monoisotopic (exact) mass is 596 g/mol. The van der Waals surface area contributed by atoms with Gasteiger partial charge in [-0.3, -0.25) is 4.79 Å². The van der Waals surface area contributed by atoms with E-state index in [0.29, 0.717) is 19.3 Å². The van der Waals surface area contributed by atoms with Gasteiger partial charge in [0.25, 0.3) is 0 Å². The third-order valence-corrected chi connectivity index (χ3v) is 4.72. The Bertz CT molecular complexity index is 811. The minimum atomic E-state index is -1.06. The number of carbonyl (C=O) groups is 2. The van der Waals surface area contributed by atoms with Crippen LogP contribution in [-0.4, -0.2) is 35.5 Å². The summed E-state index contributed by atoms with van der Waals surface area (Å²) in [6, 6.07) is 12.1. The van der Waals surface area contributed by atoms with E-state index in [1.807, 2.05) is 42.5 Å². The summed E-state index contributed by atoms with van der Waals surface area (Å²) < 4.78 is 0. The molecule has 3 atom stereocenters. The zero-order valence-electron chi connectivity index (χ0n) is 13.9. The van der Waals surface area contributed by atoms with Crippen molar-refractivity contribution in [2.45, 2.75) is 37.3 Å². The summed E-state index contributed by atoms with van der Waals surface area (Å²) in [7, 11) is 0. The third kappa shape index (κ3) is 3.61. The molecular formula is C19H19FmN2O4-. The van der Waals surface area contributed by atoms with Gasteiger partial charge < -0.3 is 20.5 Å². The van der Waals surface area contributed by atoms with Crippen LogP contribution in [0.2, 0.25) is 0 Å². The summed E-state index contributed by atoms with van der Waals surface area (Å²) in [5.74, 6) is -1.79. The van der Waals surface area contributed by atoms with E-state index in [9.17, 15) is 19.5 Å². The maximum absolute atomic E-state index is 12.5. The number of amides is 2. The molecule has 1 aliphatic heterocycles. The predicted octanol–water partition coefficient (Wildman–Crippen LogP) is 1.70. The number of hydrogen-bond donors (Lipinski definition) is 3. The molecule has 0 radical (unpaired) electrons. The first kappa shape index (κ1) is 18.4. The van der Waals surface area contributed by atoms with Crippen LogP contribution >= 0.6 is 0 Å². The van der Waals surface area contributed by atoms with E-state index in [4.69, 9.17) is 0 Å². The van der Waals surface area contributed by atoms with Crippen LogP contribution < -0.4 is 10.6 Å². The molecule has 26 heavy (non-hydrogen) atoms. The van der Waals surface area contributed by atoms with Crippen molar-refractivity contribution in [3.8, 4) is 0 Å². The van der Waals surface area contributed by atoms with Gasteiger partial charge in [-0.15, -0.1) is 0 Å². The van der Waals surface area contributed by atoms with Gasteiger partial charge in [0.05, 0.1) is 6.04 Å². The van der Waals surface area contributed by atoms with Gasteiger partial charge in [-0.25, -0.2) is 4.79 Å². The molecule has 3 rings (SSSR count). The van der Waals surface area contributed by atoms with Crippen LogP contribution in [0.5, 0.6) is 0 Å². The molecular weight excluding hydrogens is 577 g/mol. The Morgan fingerprint density at radius 3 is 2.58 bits per heavy atom. The zero-order valence-corrected chi connectivity index (χ0v) is 16.3. The molecule has 1 saturated heterocycles. The molecule has 2 aromatic carbocycles.